The Kier molecular flexibility index (Phi) is 3.12. The average molecular weight is 271 g/mol. The van der Waals surface area contributed by atoms with E-state index in [1.165, 1.54) is 19.2 Å². The van der Waals surface area contributed by atoms with Crippen LogP contribution in [0.5, 0.6) is 5.75 Å². The minimum Gasteiger partial charge on any atom is -0.494 e. The second-order valence-corrected chi connectivity index (χ2v) is 4.01. The van der Waals surface area contributed by atoms with Crippen molar-refractivity contribution in [2.75, 3.05) is 7.11 Å². The van der Waals surface area contributed by atoms with E-state index in [0.717, 1.165) is 5.56 Å². The number of pyridine rings is 1. The molecule has 6 heteroatoms. The summed E-state index contributed by atoms with van der Waals surface area (Å²) in [6.07, 6.45) is 3.28. The molecule has 0 aliphatic rings. The van der Waals surface area contributed by atoms with Crippen molar-refractivity contribution in [1.82, 2.24) is 15.1 Å². The number of methoxy groups -OCH3 is 1. The van der Waals surface area contributed by atoms with Gasteiger partial charge in [0.15, 0.2) is 11.6 Å². The van der Waals surface area contributed by atoms with Crippen LogP contribution in [0.3, 0.4) is 0 Å². The SMILES string of the molecule is COc1ccc(-c2nc(-c3cccnc3)no2)cc1F. The third kappa shape index (κ3) is 2.23. The highest BCUT2D eigenvalue weighted by atomic mass is 19.1. The topological polar surface area (TPSA) is 61.0 Å². The summed E-state index contributed by atoms with van der Waals surface area (Å²) in [7, 11) is 1.41. The van der Waals surface area contributed by atoms with Crippen LogP contribution >= 0.6 is 0 Å². The Balaban J connectivity index is 1.96. The fourth-order valence-electron chi connectivity index (χ4n) is 1.75. The molecule has 0 spiro atoms. The molecule has 3 aromatic rings. The number of nitrogens with zero attached hydrogens (tertiary/aromatic N) is 3. The number of rotatable bonds is 3. The highest BCUT2D eigenvalue weighted by Crippen LogP contribution is 2.26. The molecule has 2 aromatic heterocycles. The molecule has 3 rings (SSSR count). The molecule has 0 unspecified atom stereocenters. The first-order chi connectivity index (χ1) is 9.78. The number of hydrogen-bond donors (Lipinski definition) is 0. The average Bonchev–Trinajstić information content (AvgIpc) is 2.98. The van der Waals surface area contributed by atoms with Crippen LogP contribution in [-0.2, 0) is 0 Å². The van der Waals surface area contributed by atoms with Crippen LogP contribution in [0.1, 0.15) is 0 Å². The van der Waals surface area contributed by atoms with Crippen molar-refractivity contribution in [3.63, 3.8) is 0 Å². The molecular formula is C14H10FN3O2. The highest BCUT2D eigenvalue weighted by molar-refractivity contribution is 5.59. The molecule has 0 saturated heterocycles. The van der Waals surface area contributed by atoms with Gasteiger partial charge in [-0.3, -0.25) is 4.98 Å². The second-order valence-electron chi connectivity index (χ2n) is 4.01. The maximum Gasteiger partial charge on any atom is 0.258 e. The smallest absolute Gasteiger partial charge is 0.258 e. The van der Waals surface area contributed by atoms with Crippen LogP contribution in [0.25, 0.3) is 22.8 Å². The summed E-state index contributed by atoms with van der Waals surface area (Å²) in [4.78, 5) is 8.20. The van der Waals surface area contributed by atoms with Crippen molar-refractivity contribution in [3.05, 3.63) is 48.5 Å². The summed E-state index contributed by atoms with van der Waals surface area (Å²) in [6, 6.07) is 8.05. The van der Waals surface area contributed by atoms with Gasteiger partial charge in [-0.2, -0.15) is 4.98 Å². The fraction of sp³-hybridized carbons (Fsp3) is 0.0714. The lowest BCUT2D eigenvalue weighted by atomic mass is 10.2. The predicted octanol–water partition coefficient (Wildman–Crippen LogP) is 2.95. The molecular weight excluding hydrogens is 261 g/mol. The zero-order chi connectivity index (χ0) is 13.9. The number of halogens is 1. The van der Waals surface area contributed by atoms with E-state index in [9.17, 15) is 4.39 Å². The molecule has 0 radical (unpaired) electrons. The molecule has 0 aliphatic heterocycles. The number of benzene rings is 1. The summed E-state index contributed by atoms with van der Waals surface area (Å²) in [5, 5.41) is 3.86. The lowest BCUT2D eigenvalue weighted by molar-refractivity contribution is 0.386. The number of aromatic nitrogens is 3. The molecule has 0 aliphatic carbocycles. The van der Waals surface area contributed by atoms with Gasteiger partial charge in [-0.15, -0.1) is 0 Å². The number of hydrogen-bond acceptors (Lipinski definition) is 5. The lowest BCUT2D eigenvalue weighted by Gasteiger charge is -2.01. The van der Waals surface area contributed by atoms with Crippen molar-refractivity contribution in [2.24, 2.45) is 0 Å². The summed E-state index contributed by atoms with van der Waals surface area (Å²) < 4.78 is 23.6. The lowest BCUT2D eigenvalue weighted by Crippen LogP contribution is -1.88. The van der Waals surface area contributed by atoms with E-state index in [0.29, 0.717) is 11.4 Å². The van der Waals surface area contributed by atoms with E-state index in [1.807, 2.05) is 6.07 Å². The van der Waals surface area contributed by atoms with Crippen LogP contribution in [0, 0.1) is 5.82 Å². The van der Waals surface area contributed by atoms with Gasteiger partial charge in [-0.05, 0) is 30.3 Å². The van der Waals surface area contributed by atoms with Gasteiger partial charge in [-0.1, -0.05) is 5.16 Å². The Hall–Kier alpha value is -2.76. The van der Waals surface area contributed by atoms with E-state index < -0.39 is 5.82 Å². The Morgan fingerprint density at radius 1 is 1.20 bits per heavy atom. The van der Waals surface area contributed by atoms with Crippen LogP contribution in [-0.4, -0.2) is 22.2 Å². The summed E-state index contributed by atoms with van der Waals surface area (Å²) in [6.45, 7) is 0. The quantitative estimate of drug-likeness (QED) is 0.733. The van der Waals surface area contributed by atoms with Crippen LogP contribution < -0.4 is 4.74 Å². The van der Waals surface area contributed by atoms with Gasteiger partial charge in [0.2, 0.25) is 5.82 Å². The zero-order valence-electron chi connectivity index (χ0n) is 10.6. The van der Waals surface area contributed by atoms with E-state index in [-0.39, 0.29) is 11.6 Å². The van der Waals surface area contributed by atoms with Crippen molar-refractivity contribution in [3.8, 4) is 28.6 Å². The summed E-state index contributed by atoms with van der Waals surface area (Å²) in [5.41, 5.74) is 1.22. The Bertz CT molecular complexity index is 728. The minimum atomic E-state index is -0.480. The predicted molar refractivity (Wildman–Crippen MR) is 69.5 cm³/mol. The summed E-state index contributed by atoms with van der Waals surface area (Å²) in [5.74, 6) is 0.335. The normalized spacial score (nSPS) is 10.5. The minimum absolute atomic E-state index is 0.167. The largest absolute Gasteiger partial charge is 0.494 e. The van der Waals surface area contributed by atoms with Gasteiger partial charge in [0, 0.05) is 23.5 Å². The first kappa shape index (κ1) is 12.3. The Labute approximate surface area is 114 Å². The maximum absolute atomic E-state index is 13.6. The third-order valence-electron chi connectivity index (χ3n) is 2.74. The third-order valence-corrected chi connectivity index (χ3v) is 2.74. The van der Waals surface area contributed by atoms with Gasteiger partial charge in [0.1, 0.15) is 0 Å². The zero-order valence-corrected chi connectivity index (χ0v) is 10.6. The Morgan fingerprint density at radius 3 is 2.80 bits per heavy atom. The van der Waals surface area contributed by atoms with Gasteiger partial charge < -0.3 is 9.26 Å². The standard InChI is InChI=1S/C14H10FN3O2/c1-19-12-5-4-9(7-11(12)15)14-17-13(18-20-14)10-3-2-6-16-8-10/h2-8H,1H3. The molecule has 1 aromatic carbocycles. The molecule has 0 amide bonds. The first-order valence-electron chi connectivity index (χ1n) is 5.86. The highest BCUT2D eigenvalue weighted by Gasteiger charge is 2.12. The van der Waals surface area contributed by atoms with Gasteiger partial charge in [0.05, 0.1) is 7.11 Å². The fourth-order valence-corrected chi connectivity index (χ4v) is 1.75. The Morgan fingerprint density at radius 2 is 2.10 bits per heavy atom. The van der Waals surface area contributed by atoms with Gasteiger partial charge >= 0.3 is 0 Å². The molecule has 0 atom stereocenters. The molecule has 0 fully saturated rings. The molecule has 0 bridgehead atoms. The van der Waals surface area contributed by atoms with Crippen molar-refractivity contribution < 1.29 is 13.7 Å². The van der Waals surface area contributed by atoms with E-state index in [4.69, 9.17) is 9.26 Å². The van der Waals surface area contributed by atoms with Gasteiger partial charge in [0.25, 0.3) is 5.89 Å². The first-order valence-corrected chi connectivity index (χ1v) is 5.86. The number of ether oxygens (including phenoxy) is 1. The molecule has 5 nitrogen and oxygen atoms in total. The molecule has 20 heavy (non-hydrogen) atoms. The molecule has 0 N–H and O–H groups in total. The van der Waals surface area contributed by atoms with Crippen molar-refractivity contribution in [1.29, 1.82) is 0 Å². The second kappa shape index (κ2) is 5.08. The molecule has 0 saturated carbocycles. The maximum atomic E-state index is 13.6. The van der Waals surface area contributed by atoms with E-state index in [1.54, 1.807) is 24.5 Å². The molecule has 2 heterocycles. The van der Waals surface area contributed by atoms with E-state index in [2.05, 4.69) is 15.1 Å². The summed E-state index contributed by atoms with van der Waals surface area (Å²) >= 11 is 0. The van der Waals surface area contributed by atoms with Crippen LogP contribution in [0.15, 0.2) is 47.2 Å². The van der Waals surface area contributed by atoms with Crippen molar-refractivity contribution in [2.45, 2.75) is 0 Å². The van der Waals surface area contributed by atoms with Gasteiger partial charge in [-0.25, -0.2) is 4.39 Å². The van der Waals surface area contributed by atoms with Crippen LogP contribution in [0.2, 0.25) is 0 Å². The van der Waals surface area contributed by atoms with Crippen molar-refractivity contribution >= 4 is 0 Å². The van der Waals surface area contributed by atoms with Crippen LogP contribution in [0.4, 0.5) is 4.39 Å². The monoisotopic (exact) mass is 271 g/mol. The van der Waals surface area contributed by atoms with E-state index >= 15 is 0 Å². The molecule has 100 valence electrons.